The Morgan fingerprint density at radius 2 is 1.80 bits per heavy atom. The number of hydrogen-bond acceptors (Lipinski definition) is 2. The van der Waals surface area contributed by atoms with Gasteiger partial charge in [-0.2, -0.15) is 0 Å². The van der Waals surface area contributed by atoms with E-state index >= 15 is 0 Å². The molecule has 4 heteroatoms. The van der Waals surface area contributed by atoms with Gasteiger partial charge in [-0.25, -0.2) is 0 Å². The minimum absolute atomic E-state index is 0.00944. The summed E-state index contributed by atoms with van der Waals surface area (Å²) >= 11 is 0. The first kappa shape index (κ1) is 15.1. The van der Waals surface area contributed by atoms with E-state index in [0.29, 0.717) is 12.8 Å². The molecular formula is C16H26N2O2. The molecule has 1 N–H and O–H groups in total. The van der Waals surface area contributed by atoms with Crippen molar-refractivity contribution < 1.29 is 9.59 Å². The third kappa shape index (κ3) is 2.25. The second-order valence-electron chi connectivity index (χ2n) is 6.28. The van der Waals surface area contributed by atoms with E-state index in [-0.39, 0.29) is 29.8 Å². The molecule has 0 saturated carbocycles. The summed E-state index contributed by atoms with van der Waals surface area (Å²) in [5, 5.41) is 3.01. The van der Waals surface area contributed by atoms with Crippen molar-refractivity contribution in [2.24, 2.45) is 5.92 Å². The Balaban J connectivity index is 2.38. The van der Waals surface area contributed by atoms with E-state index in [1.807, 2.05) is 32.6 Å². The molecule has 0 bridgehead atoms. The van der Waals surface area contributed by atoms with Crippen molar-refractivity contribution in [3.63, 3.8) is 0 Å². The van der Waals surface area contributed by atoms with E-state index in [0.717, 1.165) is 12.8 Å². The minimum Gasteiger partial charge on any atom is -0.340 e. The molecule has 0 aromatic heterocycles. The fraction of sp³-hybridized carbons (Fsp3) is 0.750. The summed E-state index contributed by atoms with van der Waals surface area (Å²) in [6.07, 6.45) is 7.26. The average Bonchev–Trinajstić information content (AvgIpc) is 2.93. The Labute approximate surface area is 121 Å². The predicted molar refractivity (Wildman–Crippen MR) is 79.1 cm³/mol. The van der Waals surface area contributed by atoms with Crippen molar-refractivity contribution >= 4 is 11.8 Å². The molecule has 2 aliphatic rings. The molecule has 112 valence electrons. The molecule has 1 aliphatic carbocycles. The van der Waals surface area contributed by atoms with Crippen molar-refractivity contribution in [3.8, 4) is 0 Å². The van der Waals surface area contributed by atoms with Crippen LogP contribution in [-0.4, -0.2) is 34.3 Å². The first-order chi connectivity index (χ1) is 9.46. The molecule has 0 spiro atoms. The van der Waals surface area contributed by atoms with E-state index in [2.05, 4.69) is 17.5 Å². The van der Waals surface area contributed by atoms with Crippen LogP contribution in [0.3, 0.4) is 0 Å². The fourth-order valence-corrected chi connectivity index (χ4v) is 3.44. The van der Waals surface area contributed by atoms with Gasteiger partial charge in [0.05, 0.1) is 0 Å². The molecule has 0 aromatic rings. The van der Waals surface area contributed by atoms with Gasteiger partial charge in [0.25, 0.3) is 0 Å². The maximum atomic E-state index is 13.0. The van der Waals surface area contributed by atoms with Crippen LogP contribution in [0.15, 0.2) is 12.2 Å². The van der Waals surface area contributed by atoms with Gasteiger partial charge in [0.15, 0.2) is 0 Å². The highest BCUT2D eigenvalue weighted by Gasteiger charge is 2.51. The number of carbonyl (C=O) groups excluding carboxylic acids is 2. The average molecular weight is 278 g/mol. The first-order valence-electron chi connectivity index (χ1n) is 7.76. The highest BCUT2D eigenvalue weighted by Crippen LogP contribution is 2.32. The molecule has 2 rings (SSSR count). The number of piperazine rings is 1. The van der Waals surface area contributed by atoms with Gasteiger partial charge >= 0.3 is 0 Å². The van der Waals surface area contributed by atoms with Gasteiger partial charge < -0.3 is 10.2 Å². The lowest BCUT2D eigenvalue weighted by Crippen LogP contribution is -2.72. The summed E-state index contributed by atoms with van der Waals surface area (Å²) in [6, 6.07) is -0.183. The van der Waals surface area contributed by atoms with Crippen LogP contribution < -0.4 is 5.32 Å². The summed E-state index contributed by atoms with van der Waals surface area (Å²) < 4.78 is 0. The van der Waals surface area contributed by atoms with Crippen LogP contribution in [0, 0.1) is 5.92 Å². The Morgan fingerprint density at radius 3 is 2.25 bits per heavy atom. The summed E-state index contributed by atoms with van der Waals surface area (Å²) in [5.41, 5.74) is -0.703. The zero-order valence-corrected chi connectivity index (χ0v) is 13.0. The number of carbonyl (C=O) groups is 2. The molecule has 1 fully saturated rings. The number of nitrogens with zero attached hydrogens (tertiary/aromatic N) is 1. The zero-order chi connectivity index (χ0) is 14.9. The van der Waals surface area contributed by atoms with Gasteiger partial charge in [-0.05, 0) is 31.6 Å². The lowest BCUT2D eigenvalue weighted by Gasteiger charge is -2.49. The van der Waals surface area contributed by atoms with E-state index in [1.54, 1.807) is 0 Å². The maximum Gasteiger partial charge on any atom is 0.249 e. The van der Waals surface area contributed by atoms with Gasteiger partial charge in [0.2, 0.25) is 11.8 Å². The van der Waals surface area contributed by atoms with Gasteiger partial charge in [-0.1, -0.05) is 39.8 Å². The number of rotatable bonds is 4. The minimum atomic E-state index is -0.703. The Kier molecular flexibility index (Phi) is 4.21. The topological polar surface area (TPSA) is 49.4 Å². The van der Waals surface area contributed by atoms with Gasteiger partial charge in [-0.15, -0.1) is 0 Å². The smallest absolute Gasteiger partial charge is 0.249 e. The van der Waals surface area contributed by atoms with E-state index in [4.69, 9.17) is 0 Å². The highest BCUT2D eigenvalue weighted by atomic mass is 16.2. The molecule has 1 unspecified atom stereocenters. The molecule has 1 atom stereocenters. The molecule has 1 saturated heterocycles. The largest absolute Gasteiger partial charge is 0.340 e. The van der Waals surface area contributed by atoms with Crippen molar-refractivity contribution in [2.45, 2.75) is 71.0 Å². The van der Waals surface area contributed by atoms with Crippen LogP contribution in [0.25, 0.3) is 0 Å². The standard InChI is InChI=1S/C16H26N2O2/c1-5-16(6-2)15(20)18(12-9-7-8-10-12)13(11(3)4)14(19)17-16/h7-8,11-13H,5-6,9-10H2,1-4H3,(H,17,19). The fourth-order valence-electron chi connectivity index (χ4n) is 3.44. The molecule has 2 amide bonds. The van der Waals surface area contributed by atoms with E-state index in [9.17, 15) is 9.59 Å². The van der Waals surface area contributed by atoms with Crippen LogP contribution in [-0.2, 0) is 9.59 Å². The second-order valence-corrected chi connectivity index (χ2v) is 6.28. The summed E-state index contributed by atoms with van der Waals surface area (Å²) in [5.74, 6) is 0.246. The zero-order valence-electron chi connectivity index (χ0n) is 13.0. The van der Waals surface area contributed by atoms with Crippen molar-refractivity contribution in [2.75, 3.05) is 0 Å². The third-order valence-electron chi connectivity index (χ3n) is 4.79. The Morgan fingerprint density at radius 1 is 1.25 bits per heavy atom. The molecule has 20 heavy (non-hydrogen) atoms. The molecule has 4 nitrogen and oxygen atoms in total. The number of nitrogens with one attached hydrogen (secondary N) is 1. The van der Waals surface area contributed by atoms with E-state index < -0.39 is 5.54 Å². The summed E-state index contributed by atoms with van der Waals surface area (Å²) in [6.45, 7) is 7.97. The molecule has 0 aromatic carbocycles. The number of hydrogen-bond donors (Lipinski definition) is 1. The normalized spacial score (nSPS) is 26.4. The Bertz CT molecular complexity index is 416. The number of amides is 2. The quantitative estimate of drug-likeness (QED) is 0.802. The predicted octanol–water partition coefficient (Wildman–Crippen LogP) is 2.25. The first-order valence-corrected chi connectivity index (χ1v) is 7.76. The van der Waals surface area contributed by atoms with Gasteiger partial charge in [0.1, 0.15) is 11.6 Å². The highest BCUT2D eigenvalue weighted by molar-refractivity contribution is 6.00. The van der Waals surface area contributed by atoms with Crippen molar-refractivity contribution in [1.82, 2.24) is 10.2 Å². The van der Waals surface area contributed by atoms with Crippen LogP contribution in [0.4, 0.5) is 0 Å². The SMILES string of the molecule is CCC1(CC)NC(=O)C(C(C)C)N(C2CC=CC2)C1=O. The monoisotopic (exact) mass is 278 g/mol. The second kappa shape index (κ2) is 5.58. The maximum absolute atomic E-state index is 13.0. The van der Waals surface area contributed by atoms with Crippen LogP contribution in [0.2, 0.25) is 0 Å². The van der Waals surface area contributed by atoms with Gasteiger partial charge in [-0.3, -0.25) is 9.59 Å². The lowest BCUT2D eigenvalue weighted by molar-refractivity contribution is -0.160. The Hall–Kier alpha value is -1.32. The third-order valence-corrected chi connectivity index (χ3v) is 4.79. The van der Waals surface area contributed by atoms with Crippen molar-refractivity contribution in [1.29, 1.82) is 0 Å². The van der Waals surface area contributed by atoms with Crippen molar-refractivity contribution in [3.05, 3.63) is 12.2 Å². The molecule has 1 heterocycles. The van der Waals surface area contributed by atoms with Crippen LogP contribution >= 0.6 is 0 Å². The van der Waals surface area contributed by atoms with E-state index in [1.165, 1.54) is 0 Å². The summed E-state index contributed by atoms with van der Waals surface area (Å²) in [7, 11) is 0. The van der Waals surface area contributed by atoms with Gasteiger partial charge in [0, 0.05) is 6.04 Å². The molecular weight excluding hydrogens is 252 g/mol. The van der Waals surface area contributed by atoms with Crippen LogP contribution in [0.5, 0.6) is 0 Å². The summed E-state index contributed by atoms with van der Waals surface area (Å²) in [4.78, 5) is 27.5. The molecule has 1 aliphatic heterocycles. The molecule has 0 radical (unpaired) electrons. The van der Waals surface area contributed by atoms with Crippen LogP contribution in [0.1, 0.15) is 53.4 Å². The lowest BCUT2D eigenvalue weighted by atomic mass is 9.83.